The van der Waals surface area contributed by atoms with Gasteiger partial charge in [-0.05, 0) is 13.0 Å². The monoisotopic (exact) mass is 135 g/mol. The molecule has 0 aromatic rings. The molecule has 0 amide bonds. The van der Waals surface area contributed by atoms with Crippen molar-refractivity contribution in [1.82, 2.24) is 5.32 Å². The van der Waals surface area contributed by atoms with E-state index in [4.69, 9.17) is 15.7 Å². The quantitative estimate of drug-likeness (QED) is 0.557. The van der Waals surface area contributed by atoms with E-state index in [-0.39, 0.29) is 0 Å². The molecule has 0 aliphatic carbocycles. The van der Waals surface area contributed by atoms with Gasteiger partial charge in [0.2, 0.25) is 0 Å². The van der Waals surface area contributed by atoms with Gasteiger partial charge in [0.25, 0.3) is 0 Å². The molecule has 1 N–H and O–H groups in total. The first-order valence-electron chi connectivity index (χ1n) is 3.81. The van der Waals surface area contributed by atoms with Gasteiger partial charge in [-0.1, -0.05) is 32.0 Å². The van der Waals surface area contributed by atoms with Gasteiger partial charge in [-0.3, -0.25) is 0 Å². The first-order chi connectivity index (χ1) is 4.54. The van der Waals surface area contributed by atoms with Gasteiger partial charge in [0, 0.05) is 0 Å². The average molecular weight is 135 g/mol. The third kappa shape index (κ3) is 2.78. The molecule has 0 rings (SSSR count). The number of rotatable bonds is 4. The molecule has 0 aromatic carbocycles. The highest BCUT2D eigenvalue weighted by atomic mass is 14.9. The summed E-state index contributed by atoms with van der Waals surface area (Å²) in [6, 6.07) is 0. The summed E-state index contributed by atoms with van der Waals surface area (Å²) >= 11 is 0. The molecule has 1 nitrogen and oxygen atoms in total. The van der Waals surface area contributed by atoms with Gasteiger partial charge in [0.1, 0.15) is 0 Å². The zero-order chi connectivity index (χ0) is 8.20. The molecule has 4 radical (unpaired) electrons. The molecule has 3 heteroatoms. The maximum atomic E-state index is 5.71. The number of nitrogens with one attached hydrogen (secondary N) is 1. The van der Waals surface area contributed by atoms with Crippen molar-refractivity contribution in [3.63, 3.8) is 0 Å². The van der Waals surface area contributed by atoms with Gasteiger partial charge >= 0.3 is 0 Å². The summed E-state index contributed by atoms with van der Waals surface area (Å²) < 4.78 is 0. The van der Waals surface area contributed by atoms with E-state index in [2.05, 4.69) is 19.2 Å². The van der Waals surface area contributed by atoms with E-state index in [0.717, 1.165) is 12.8 Å². The van der Waals surface area contributed by atoms with E-state index in [0.29, 0.717) is 5.92 Å². The minimum absolute atomic E-state index is 0.322. The smallest absolute Gasteiger partial charge is 0.0824 e. The van der Waals surface area contributed by atoms with E-state index < -0.39 is 5.34 Å². The Bertz CT molecular complexity index is 93.6. The number of hydrogen-bond acceptors (Lipinski definition) is 1. The molecule has 0 aromatic heterocycles. The summed E-state index contributed by atoms with van der Waals surface area (Å²) in [4.78, 5) is 0. The topological polar surface area (TPSA) is 12.0 Å². The van der Waals surface area contributed by atoms with Crippen LogP contribution in [0.3, 0.4) is 0 Å². The third-order valence-electron chi connectivity index (χ3n) is 1.97. The summed E-state index contributed by atoms with van der Waals surface area (Å²) in [5, 5.41) is 2.18. The zero-order valence-electron chi connectivity index (χ0n) is 7.15. The fourth-order valence-electron chi connectivity index (χ4n) is 0.918. The summed E-state index contributed by atoms with van der Waals surface area (Å²) in [5.41, 5.74) is 0. The lowest BCUT2D eigenvalue weighted by molar-refractivity contribution is 0.421. The van der Waals surface area contributed by atoms with Crippen LogP contribution < -0.4 is 5.32 Å². The zero-order valence-corrected chi connectivity index (χ0v) is 7.15. The van der Waals surface area contributed by atoms with Gasteiger partial charge in [0.05, 0.1) is 15.7 Å². The molecule has 0 heterocycles. The van der Waals surface area contributed by atoms with Crippen LogP contribution >= 0.6 is 0 Å². The van der Waals surface area contributed by atoms with Crippen molar-refractivity contribution in [3.8, 4) is 0 Å². The van der Waals surface area contributed by atoms with Crippen LogP contribution in [0.5, 0.6) is 0 Å². The lowest BCUT2D eigenvalue weighted by Gasteiger charge is -2.32. The highest BCUT2D eigenvalue weighted by Gasteiger charge is 2.20. The largest absolute Gasteiger partial charge is 0.331 e. The van der Waals surface area contributed by atoms with Crippen molar-refractivity contribution in [3.05, 3.63) is 0 Å². The number of hydrogen-bond donors (Lipinski definition) is 1. The van der Waals surface area contributed by atoms with Gasteiger partial charge < -0.3 is 5.32 Å². The maximum absolute atomic E-state index is 5.71. The summed E-state index contributed by atoms with van der Waals surface area (Å²) in [7, 11) is 13.2. The maximum Gasteiger partial charge on any atom is 0.0824 e. The second-order valence-corrected chi connectivity index (χ2v) is 2.87. The Morgan fingerprint density at radius 1 is 1.50 bits per heavy atom. The highest BCUT2D eigenvalue weighted by Crippen LogP contribution is 2.14. The molecule has 0 saturated carbocycles. The van der Waals surface area contributed by atoms with Gasteiger partial charge in [-0.25, -0.2) is 0 Å². The molecule has 54 valence electrons. The average Bonchev–Trinajstić information content (AvgIpc) is 1.89. The fraction of sp³-hybridized carbons (Fsp3) is 1.00. The van der Waals surface area contributed by atoms with Crippen molar-refractivity contribution in [2.45, 2.75) is 32.0 Å². The molecule has 0 saturated heterocycles. The summed E-state index contributed by atoms with van der Waals surface area (Å²) in [6.45, 7) is 4.18. The molecule has 0 aliphatic rings. The molecular formula is C7H15B2N. The van der Waals surface area contributed by atoms with Crippen molar-refractivity contribution in [2.75, 3.05) is 7.05 Å². The normalized spacial score (nSPS) is 15.1. The SMILES string of the molecule is [B]C([B])(NC)C(C)CCC. The van der Waals surface area contributed by atoms with Crippen molar-refractivity contribution < 1.29 is 0 Å². The van der Waals surface area contributed by atoms with Crippen molar-refractivity contribution >= 4 is 15.7 Å². The molecule has 1 atom stereocenters. The van der Waals surface area contributed by atoms with Crippen LogP contribution in [0.2, 0.25) is 0 Å². The lowest BCUT2D eigenvalue weighted by atomic mass is 9.55. The summed E-state index contributed by atoms with van der Waals surface area (Å²) in [5.74, 6) is 0.322. The minimum Gasteiger partial charge on any atom is -0.331 e. The minimum atomic E-state index is -0.698. The fourth-order valence-corrected chi connectivity index (χ4v) is 0.918. The van der Waals surface area contributed by atoms with Crippen LogP contribution in [0.25, 0.3) is 0 Å². The van der Waals surface area contributed by atoms with Crippen LogP contribution in [-0.4, -0.2) is 28.1 Å². The van der Waals surface area contributed by atoms with Crippen LogP contribution in [0.1, 0.15) is 26.7 Å². The third-order valence-corrected chi connectivity index (χ3v) is 1.97. The molecular weight excluding hydrogens is 120 g/mol. The van der Waals surface area contributed by atoms with Gasteiger partial charge in [0.15, 0.2) is 0 Å². The molecule has 0 bridgehead atoms. The van der Waals surface area contributed by atoms with Crippen molar-refractivity contribution in [1.29, 1.82) is 0 Å². The Hall–Kier alpha value is 0.0899. The Balaban J connectivity index is 3.78. The predicted molar refractivity (Wildman–Crippen MR) is 47.4 cm³/mol. The van der Waals surface area contributed by atoms with E-state index in [1.54, 1.807) is 7.05 Å². The van der Waals surface area contributed by atoms with E-state index in [1.807, 2.05) is 0 Å². The molecule has 0 fully saturated rings. The first-order valence-corrected chi connectivity index (χ1v) is 3.81. The molecule has 0 spiro atoms. The second-order valence-electron chi connectivity index (χ2n) is 2.87. The van der Waals surface area contributed by atoms with Crippen LogP contribution in [0.15, 0.2) is 0 Å². The highest BCUT2D eigenvalue weighted by molar-refractivity contribution is 6.40. The van der Waals surface area contributed by atoms with Gasteiger partial charge in [-0.2, -0.15) is 0 Å². The standard InChI is InChI=1S/C7H15B2N/c1-4-5-6(2)7(8,9)10-3/h6,10H,4-5H2,1-3H3. The Morgan fingerprint density at radius 3 is 2.30 bits per heavy atom. The van der Waals surface area contributed by atoms with E-state index in [1.165, 1.54) is 0 Å². The Labute approximate surface area is 66.8 Å². The second kappa shape index (κ2) is 4.07. The van der Waals surface area contributed by atoms with Gasteiger partial charge in [-0.15, -0.1) is 0 Å². The molecule has 10 heavy (non-hydrogen) atoms. The van der Waals surface area contributed by atoms with Crippen LogP contribution in [0.4, 0.5) is 0 Å². The van der Waals surface area contributed by atoms with Crippen molar-refractivity contribution in [2.24, 2.45) is 5.92 Å². The summed E-state index contributed by atoms with van der Waals surface area (Å²) in [6.07, 6.45) is 2.19. The van der Waals surface area contributed by atoms with E-state index >= 15 is 0 Å². The van der Waals surface area contributed by atoms with Crippen LogP contribution in [0, 0.1) is 5.92 Å². The molecule has 0 aliphatic heterocycles. The Kier molecular flexibility index (Phi) is 4.11. The Morgan fingerprint density at radius 2 is 2.00 bits per heavy atom. The van der Waals surface area contributed by atoms with E-state index in [9.17, 15) is 0 Å². The molecule has 1 unspecified atom stereocenters. The predicted octanol–water partition coefficient (Wildman–Crippen LogP) is 0.633. The lowest BCUT2D eigenvalue weighted by Crippen LogP contribution is -2.49. The first kappa shape index (κ1) is 10.1. The van der Waals surface area contributed by atoms with Crippen LogP contribution in [-0.2, 0) is 0 Å².